The first-order valence-corrected chi connectivity index (χ1v) is 7.14. The minimum atomic E-state index is -6.00. The van der Waals surface area contributed by atoms with E-state index in [1.54, 1.807) is 0 Å². The molecule has 0 saturated carbocycles. The van der Waals surface area contributed by atoms with E-state index < -0.39 is 14.1 Å². The van der Waals surface area contributed by atoms with Crippen LogP contribution in [-0.2, 0) is 10.9 Å². The molecule has 108 valence electrons. The zero-order chi connectivity index (χ0) is 17.5. The van der Waals surface area contributed by atoms with Crippen molar-refractivity contribution in [3.8, 4) is 0 Å². The summed E-state index contributed by atoms with van der Waals surface area (Å²) in [5, 5.41) is 0. The SMILES string of the molecule is F[B-](F)(F)F.[2H]C([2H])([2H])C[S+](c1ccccc1)c1ccccc1. The number of hydrogen-bond donors (Lipinski definition) is 0. The van der Waals surface area contributed by atoms with Gasteiger partial charge in [0.1, 0.15) is 5.75 Å². The van der Waals surface area contributed by atoms with Gasteiger partial charge in [0.25, 0.3) is 0 Å². The van der Waals surface area contributed by atoms with Crippen molar-refractivity contribution in [2.75, 3.05) is 5.75 Å². The Balaban J connectivity index is 0.000000463. The van der Waals surface area contributed by atoms with Crippen molar-refractivity contribution in [3.05, 3.63) is 60.7 Å². The molecule has 0 amide bonds. The Morgan fingerprint density at radius 1 is 0.850 bits per heavy atom. The molecule has 0 bridgehead atoms. The van der Waals surface area contributed by atoms with E-state index in [1.807, 2.05) is 60.7 Å². The van der Waals surface area contributed by atoms with Crippen molar-refractivity contribution in [2.45, 2.75) is 16.6 Å². The second-order valence-corrected chi connectivity index (χ2v) is 5.67. The van der Waals surface area contributed by atoms with E-state index in [0.717, 1.165) is 9.79 Å². The van der Waals surface area contributed by atoms with Crippen LogP contribution < -0.4 is 0 Å². The lowest BCUT2D eigenvalue weighted by molar-refractivity contribution is 0.368. The van der Waals surface area contributed by atoms with E-state index in [-0.39, 0.29) is 16.6 Å². The summed E-state index contributed by atoms with van der Waals surface area (Å²) in [7, 11) is -6.38. The van der Waals surface area contributed by atoms with Gasteiger partial charge in [0.15, 0.2) is 9.79 Å². The highest BCUT2D eigenvalue weighted by Gasteiger charge is 2.21. The maximum absolute atomic E-state index is 9.75. The number of halogens is 4. The summed E-state index contributed by atoms with van der Waals surface area (Å²) >= 11 is 0. The first kappa shape index (κ1) is 12.3. The molecular weight excluding hydrogens is 287 g/mol. The van der Waals surface area contributed by atoms with Crippen molar-refractivity contribution < 1.29 is 21.4 Å². The molecule has 20 heavy (non-hydrogen) atoms. The van der Waals surface area contributed by atoms with Crippen LogP contribution in [0.3, 0.4) is 0 Å². The highest BCUT2D eigenvalue weighted by Crippen LogP contribution is 2.22. The molecule has 0 nitrogen and oxygen atoms in total. The minimum Gasteiger partial charge on any atom is -0.418 e. The molecule has 0 spiro atoms. The maximum Gasteiger partial charge on any atom is 0.673 e. The molecule has 2 aromatic rings. The molecule has 0 aliphatic heterocycles. The van der Waals surface area contributed by atoms with Crippen LogP contribution in [0.2, 0.25) is 0 Å². The number of hydrogen-bond acceptors (Lipinski definition) is 0. The van der Waals surface area contributed by atoms with Gasteiger partial charge in [-0.15, -0.1) is 0 Å². The lowest BCUT2D eigenvalue weighted by Gasteiger charge is -2.04. The Kier molecular flexibility index (Phi) is 4.93. The van der Waals surface area contributed by atoms with Gasteiger partial charge in [0.2, 0.25) is 0 Å². The summed E-state index contributed by atoms with van der Waals surface area (Å²) in [4.78, 5) is 2.17. The van der Waals surface area contributed by atoms with E-state index >= 15 is 0 Å². The summed E-state index contributed by atoms with van der Waals surface area (Å²) in [5.74, 6) is 0.195. The molecule has 6 heteroatoms. The molecule has 0 heterocycles. The van der Waals surface area contributed by atoms with Crippen molar-refractivity contribution >= 4 is 18.1 Å². The second-order valence-electron chi connectivity index (χ2n) is 3.66. The molecule has 0 radical (unpaired) electrons. The fraction of sp³-hybridized carbons (Fsp3) is 0.143. The van der Waals surface area contributed by atoms with Crippen LogP contribution in [-0.4, -0.2) is 13.0 Å². The highest BCUT2D eigenvalue weighted by atomic mass is 32.2. The number of benzene rings is 2. The largest absolute Gasteiger partial charge is 0.673 e. The molecule has 0 atom stereocenters. The van der Waals surface area contributed by atoms with E-state index in [4.69, 9.17) is 4.11 Å². The number of rotatable bonds is 3. The summed E-state index contributed by atoms with van der Waals surface area (Å²) in [5.41, 5.74) is 0. The van der Waals surface area contributed by atoms with Crippen molar-refractivity contribution in [1.29, 1.82) is 0 Å². The first-order valence-electron chi connectivity index (χ1n) is 7.24. The molecule has 0 aliphatic carbocycles. The average Bonchev–Trinajstić information content (AvgIpc) is 2.44. The van der Waals surface area contributed by atoms with E-state index in [1.165, 1.54) is 0 Å². The predicted octanol–water partition coefficient (Wildman–Crippen LogP) is 5.04. The fourth-order valence-corrected chi connectivity index (χ4v) is 3.05. The smallest absolute Gasteiger partial charge is 0.418 e. The Morgan fingerprint density at radius 3 is 1.50 bits per heavy atom. The quantitative estimate of drug-likeness (QED) is 0.423. The third-order valence-electron chi connectivity index (χ3n) is 2.20. The lowest BCUT2D eigenvalue weighted by atomic mass is 10.3. The van der Waals surface area contributed by atoms with Crippen molar-refractivity contribution in [1.82, 2.24) is 0 Å². The van der Waals surface area contributed by atoms with Crippen LogP contribution in [0.1, 0.15) is 11.0 Å². The molecule has 2 rings (SSSR count). The van der Waals surface area contributed by atoms with Gasteiger partial charge in [-0.3, -0.25) is 0 Å². The van der Waals surface area contributed by atoms with Gasteiger partial charge in [-0.2, -0.15) is 0 Å². The topological polar surface area (TPSA) is 0 Å². The molecule has 0 saturated heterocycles. The monoisotopic (exact) mass is 305 g/mol. The Labute approximate surface area is 123 Å². The van der Waals surface area contributed by atoms with Gasteiger partial charge < -0.3 is 17.3 Å². The zero-order valence-electron chi connectivity index (χ0n) is 13.5. The van der Waals surface area contributed by atoms with Crippen LogP contribution in [0.4, 0.5) is 17.3 Å². The van der Waals surface area contributed by atoms with Crippen LogP contribution in [0.25, 0.3) is 0 Å². The van der Waals surface area contributed by atoms with E-state index in [9.17, 15) is 17.3 Å². The van der Waals surface area contributed by atoms with Gasteiger partial charge in [0.05, 0.1) is 10.9 Å². The normalized spacial score (nSPS) is 13.8. The van der Waals surface area contributed by atoms with Gasteiger partial charge in [-0.1, -0.05) is 36.4 Å². The summed E-state index contributed by atoms with van der Waals surface area (Å²) < 4.78 is 61.5. The lowest BCUT2D eigenvalue weighted by Crippen LogP contribution is -2.05. The molecule has 0 N–H and O–H groups in total. The minimum absolute atomic E-state index is 0.195. The summed E-state index contributed by atoms with van der Waals surface area (Å²) in [6.45, 7) is -1.91. The third-order valence-corrected chi connectivity index (χ3v) is 4.17. The summed E-state index contributed by atoms with van der Waals surface area (Å²) in [6, 6.07) is 19.7. The predicted molar refractivity (Wildman–Crippen MR) is 77.5 cm³/mol. The Bertz CT molecular complexity index is 531. The first-order chi connectivity index (χ1) is 10.6. The Hall–Kier alpha value is -1.43. The maximum atomic E-state index is 9.75. The molecule has 2 aromatic carbocycles. The van der Waals surface area contributed by atoms with E-state index in [2.05, 4.69) is 0 Å². The molecule has 0 aliphatic rings. The van der Waals surface area contributed by atoms with Crippen LogP contribution in [0.5, 0.6) is 0 Å². The average molecular weight is 305 g/mol. The van der Waals surface area contributed by atoms with Gasteiger partial charge in [-0.05, 0) is 31.1 Å². The highest BCUT2D eigenvalue weighted by molar-refractivity contribution is 7.97. The summed E-state index contributed by atoms with van der Waals surface area (Å²) in [6.07, 6.45) is 0. The fourth-order valence-electron chi connectivity index (χ4n) is 1.47. The van der Waals surface area contributed by atoms with Gasteiger partial charge in [0, 0.05) is 4.11 Å². The third kappa shape index (κ3) is 6.66. The van der Waals surface area contributed by atoms with Gasteiger partial charge in [-0.25, -0.2) is 0 Å². The van der Waals surface area contributed by atoms with Crippen LogP contribution >= 0.6 is 0 Å². The van der Waals surface area contributed by atoms with E-state index in [0.29, 0.717) is 0 Å². The molecular formula is C14H15BF4S. The van der Waals surface area contributed by atoms with Crippen molar-refractivity contribution in [2.24, 2.45) is 0 Å². The molecule has 0 unspecified atom stereocenters. The second kappa shape index (κ2) is 7.99. The zero-order valence-corrected chi connectivity index (χ0v) is 11.3. The molecule has 0 aromatic heterocycles. The van der Waals surface area contributed by atoms with Crippen molar-refractivity contribution in [3.63, 3.8) is 0 Å². The van der Waals surface area contributed by atoms with Crippen LogP contribution in [0, 0.1) is 0 Å². The molecule has 0 fully saturated rings. The van der Waals surface area contributed by atoms with Gasteiger partial charge >= 0.3 is 7.25 Å². The standard InChI is InChI=1S/C14H15S.BF4/c1-2-15(13-9-5-3-6-10-13)14-11-7-4-8-12-14;2-1(3,4)5/h3-12H,2H2,1H3;/q+1;-1/i1D3;. The van der Waals surface area contributed by atoms with Crippen LogP contribution in [0.15, 0.2) is 70.5 Å². The Morgan fingerprint density at radius 2 is 1.20 bits per heavy atom.